The predicted molar refractivity (Wildman–Crippen MR) is 80.7 cm³/mol. The molecule has 120 valence electrons. The first-order valence-corrected chi connectivity index (χ1v) is 7.11. The van der Waals surface area contributed by atoms with Crippen LogP contribution in [0.25, 0.3) is 0 Å². The first-order chi connectivity index (χ1) is 9.79. The van der Waals surface area contributed by atoms with Crippen molar-refractivity contribution in [1.82, 2.24) is 10.3 Å². The molecule has 0 aromatic heterocycles. The number of ether oxygens (including phenoxy) is 3. The third-order valence-corrected chi connectivity index (χ3v) is 2.68. The quantitative estimate of drug-likeness (QED) is 0.176. The lowest BCUT2D eigenvalue weighted by molar-refractivity contribution is 0.146. The molecule has 0 aromatic rings. The first kappa shape index (κ1) is 19.1. The van der Waals surface area contributed by atoms with E-state index >= 15 is 0 Å². The van der Waals surface area contributed by atoms with Crippen molar-refractivity contribution in [3.8, 4) is 0 Å². The molecular weight excluding hydrogens is 260 g/mol. The number of hydrogen-bond acceptors (Lipinski definition) is 5. The van der Waals surface area contributed by atoms with Crippen LogP contribution in [0.2, 0.25) is 0 Å². The molecule has 3 N–H and O–H groups in total. The van der Waals surface area contributed by atoms with Crippen LogP contribution in [0.3, 0.4) is 0 Å². The molecule has 0 fully saturated rings. The van der Waals surface area contributed by atoms with Gasteiger partial charge < -0.3 is 19.1 Å². The number of rotatable bonds is 12. The van der Waals surface area contributed by atoms with E-state index in [1.165, 1.54) is 0 Å². The Bertz CT molecular complexity index is 240. The van der Waals surface area contributed by atoms with E-state index in [4.69, 9.17) is 20.1 Å². The van der Waals surface area contributed by atoms with Crippen molar-refractivity contribution in [2.24, 2.45) is 10.8 Å². The van der Waals surface area contributed by atoms with Gasteiger partial charge in [-0.15, -0.1) is 0 Å². The number of nitrogens with two attached hydrogens (primary N) is 1. The molecule has 0 radical (unpaired) electrons. The van der Waals surface area contributed by atoms with Crippen LogP contribution in [-0.2, 0) is 14.2 Å². The fourth-order valence-corrected chi connectivity index (χ4v) is 1.66. The molecular formula is C13H30N4O3. The molecule has 0 unspecified atom stereocenters. The summed E-state index contributed by atoms with van der Waals surface area (Å²) in [6.45, 7) is 7.05. The molecule has 7 heteroatoms. The standard InChI is InChI=1S/C13H30N4O3/c1-4-20-11-5-7-15-13(16-14)17(9-12-19-3)8-6-10-18-2/h4-12,14H2,1-3H3,(H,15,16). The van der Waals surface area contributed by atoms with Crippen LogP contribution in [0.5, 0.6) is 0 Å². The number of nitrogens with one attached hydrogen (secondary N) is 1. The maximum atomic E-state index is 5.56. The van der Waals surface area contributed by atoms with Gasteiger partial charge >= 0.3 is 0 Å². The predicted octanol–water partition coefficient (Wildman–Crippen LogP) is 0.217. The Morgan fingerprint density at radius 2 is 1.85 bits per heavy atom. The Balaban J connectivity index is 4.25. The molecule has 7 nitrogen and oxygen atoms in total. The summed E-state index contributed by atoms with van der Waals surface area (Å²) in [4.78, 5) is 6.55. The fourth-order valence-electron chi connectivity index (χ4n) is 1.66. The average Bonchev–Trinajstić information content (AvgIpc) is 2.47. The first-order valence-electron chi connectivity index (χ1n) is 7.11. The van der Waals surface area contributed by atoms with Crippen LogP contribution >= 0.6 is 0 Å². The number of nitrogens with zero attached hydrogens (tertiary/aromatic N) is 2. The van der Waals surface area contributed by atoms with Crippen LogP contribution in [-0.4, -0.2) is 71.1 Å². The lowest BCUT2D eigenvalue weighted by Gasteiger charge is -2.25. The zero-order chi connectivity index (χ0) is 15.1. The molecule has 0 atom stereocenters. The van der Waals surface area contributed by atoms with Crippen LogP contribution in [0.15, 0.2) is 4.99 Å². The van der Waals surface area contributed by atoms with Crippen LogP contribution in [0, 0.1) is 0 Å². The average molecular weight is 290 g/mol. The second-order valence-corrected chi connectivity index (χ2v) is 4.23. The summed E-state index contributed by atoms with van der Waals surface area (Å²) in [6, 6.07) is 0. The number of hydrazine groups is 1. The fraction of sp³-hybridized carbons (Fsp3) is 0.923. The molecule has 0 saturated carbocycles. The van der Waals surface area contributed by atoms with Gasteiger partial charge in [-0.05, 0) is 19.8 Å². The Morgan fingerprint density at radius 1 is 1.10 bits per heavy atom. The molecule has 0 amide bonds. The van der Waals surface area contributed by atoms with Crippen molar-refractivity contribution < 1.29 is 14.2 Å². The normalized spacial score (nSPS) is 11.7. The molecule has 0 aliphatic heterocycles. The summed E-state index contributed by atoms with van der Waals surface area (Å²) < 4.78 is 15.5. The number of methoxy groups -OCH3 is 2. The van der Waals surface area contributed by atoms with E-state index in [1.54, 1.807) is 14.2 Å². The minimum absolute atomic E-state index is 0.632. The third kappa shape index (κ3) is 9.96. The van der Waals surface area contributed by atoms with Gasteiger partial charge in [0, 0.05) is 53.7 Å². The minimum atomic E-state index is 0.632. The van der Waals surface area contributed by atoms with Crippen molar-refractivity contribution in [1.29, 1.82) is 0 Å². The maximum Gasteiger partial charge on any atom is 0.208 e. The van der Waals surface area contributed by atoms with Gasteiger partial charge in [0.25, 0.3) is 0 Å². The summed E-state index contributed by atoms with van der Waals surface area (Å²) in [5.41, 5.74) is 2.67. The van der Waals surface area contributed by atoms with Gasteiger partial charge in [-0.25, -0.2) is 5.84 Å². The Kier molecular flexibility index (Phi) is 13.9. The molecule has 0 aliphatic rings. The smallest absolute Gasteiger partial charge is 0.208 e. The highest BCUT2D eigenvalue weighted by Crippen LogP contribution is 1.95. The zero-order valence-corrected chi connectivity index (χ0v) is 13.1. The summed E-state index contributed by atoms with van der Waals surface area (Å²) >= 11 is 0. The summed E-state index contributed by atoms with van der Waals surface area (Å²) in [7, 11) is 3.38. The SMILES string of the molecule is CCOCCCN=C(NN)N(CCCOC)CCOC. The van der Waals surface area contributed by atoms with Crippen molar-refractivity contribution in [3.05, 3.63) is 0 Å². The second kappa shape index (κ2) is 14.5. The topological polar surface area (TPSA) is 81.3 Å². The van der Waals surface area contributed by atoms with Gasteiger partial charge in [-0.3, -0.25) is 10.4 Å². The highest BCUT2D eigenvalue weighted by Gasteiger charge is 2.09. The number of aliphatic imine (C=N–C) groups is 1. The van der Waals surface area contributed by atoms with Gasteiger partial charge in [-0.1, -0.05) is 0 Å². The van der Waals surface area contributed by atoms with Crippen LogP contribution < -0.4 is 11.3 Å². The second-order valence-electron chi connectivity index (χ2n) is 4.23. The third-order valence-electron chi connectivity index (χ3n) is 2.68. The highest BCUT2D eigenvalue weighted by atomic mass is 16.5. The Labute approximate surface area is 122 Å². The summed E-state index contributed by atoms with van der Waals surface area (Å²) in [6.07, 6.45) is 1.80. The largest absolute Gasteiger partial charge is 0.385 e. The summed E-state index contributed by atoms with van der Waals surface area (Å²) in [5, 5.41) is 0. The van der Waals surface area contributed by atoms with Gasteiger partial charge in [-0.2, -0.15) is 0 Å². The van der Waals surface area contributed by atoms with E-state index in [0.29, 0.717) is 25.7 Å². The molecule has 0 saturated heterocycles. The molecule has 0 bridgehead atoms. The number of guanidine groups is 1. The monoisotopic (exact) mass is 290 g/mol. The molecule has 0 aliphatic carbocycles. The van der Waals surface area contributed by atoms with Crippen LogP contribution in [0.1, 0.15) is 19.8 Å². The summed E-state index contributed by atoms with van der Waals surface area (Å²) in [5.74, 6) is 6.25. The van der Waals surface area contributed by atoms with Crippen molar-refractivity contribution >= 4 is 5.96 Å². The van der Waals surface area contributed by atoms with E-state index < -0.39 is 0 Å². The molecule has 20 heavy (non-hydrogen) atoms. The Hall–Kier alpha value is -0.890. The van der Waals surface area contributed by atoms with E-state index in [-0.39, 0.29) is 0 Å². The van der Waals surface area contributed by atoms with E-state index in [9.17, 15) is 0 Å². The van der Waals surface area contributed by atoms with E-state index in [2.05, 4.69) is 15.3 Å². The van der Waals surface area contributed by atoms with Crippen LogP contribution in [0.4, 0.5) is 0 Å². The van der Waals surface area contributed by atoms with E-state index in [1.807, 2.05) is 6.92 Å². The van der Waals surface area contributed by atoms with Gasteiger partial charge in [0.15, 0.2) is 0 Å². The van der Waals surface area contributed by atoms with E-state index in [0.717, 1.165) is 39.1 Å². The van der Waals surface area contributed by atoms with Crippen molar-refractivity contribution in [2.45, 2.75) is 19.8 Å². The highest BCUT2D eigenvalue weighted by molar-refractivity contribution is 5.79. The molecule has 0 rings (SSSR count). The zero-order valence-electron chi connectivity index (χ0n) is 13.1. The molecule has 0 spiro atoms. The van der Waals surface area contributed by atoms with Gasteiger partial charge in [0.2, 0.25) is 5.96 Å². The lowest BCUT2D eigenvalue weighted by Crippen LogP contribution is -2.46. The van der Waals surface area contributed by atoms with Crippen molar-refractivity contribution in [3.63, 3.8) is 0 Å². The Morgan fingerprint density at radius 3 is 2.45 bits per heavy atom. The number of hydrogen-bond donors (Lipinski definition) is 2. The lowest BCUT2D eigenvalue weighted by atomic mass is 10.4. The molecule has 0 aromatic carbocycles. The van der Waals surface area contributed by atoms with Gasteiger partial charge in [0.1, 0.15) is 0 Å². The maximum absolute atomic E-state index is 5.56. The minimum Gasteiger partial charge on any atom is -0.385 e. The van der Waals surface area contributed by atoms with Gasteiger partial charge in [0.05, 0.1) is 6.61 Å². The molecule has 0 heterocycles. The van der Waals surface area contributed by atoms with Crippen molar-refractivity contribution in [2.75, 3.05) is 60.3 Å².